The van der Waals surface area contributed by atoms with E-state index in [2.05, 4.69) is 11.8 Å². The van der Waals surface area contributed by atoms with Crippen LogP contribution >= 0.6 is 12.2 Å². The van der Waals surface area contributed by atoms with Crippen LogP contribution in [0, 0.1) is 5.82 Å². The van der Waals surface area contributed by atoms with Gasteiger partial charge in [0.1, 0.15) is 10.8 Å². The van der Waals surface area contributed by atoms with Crippen LogP contribution in [0.2, 0.25) is 0 Å². The van der Waals surface area contributed by atoms with Crippen LogP contribution < -0.4 is 5.73 Å². The molecule has 3 nitrogen and oxygen atoms in total. The summed E-state index contributed by atoms with van der Waals surface area (Å²) in [6, 6.07) is 4.78. The van der Waals surface area contributed by atoms with E-state index < -0.39 is 0 Å². The molecule has 0 radical (unpaired) electrons. The highest BCUT2D eigenvalue weighted by atomic mass is 32.1. The molecule has 0 spiro atoms. The first-order valence-electron chi connectivity index (χ1n) is 6.51. The Hall–Kier alpha value is -1.04. The molecule has 1 aliphatic rings. The summed E-state index contributed by atoms with van der Waals surface area (Å²) >= 11 is 4.90. The molecule has 1 aromatic carbocycles. The Kier molecular flexibility index (Phi) is 4.85. The normalized spacial score (nSPS) is 20.4. The summed E-state index contributed by atoms with van der Waals surface area (Å²) in [5.41, 5.74) is 7.05. The molecule has 2 rings (SSSR count). The fourth-order valence-corrected chi connectivity index (χ4v) is 2.43. The average molecular weight is 282 g/mol. The second-order valence-corrected chi connectivity index (χ2v) is 5.29. The van der Waals surface area contributed by atoms with Crippen LogP contribution in [0.15, 0.2) is 18.2 Å². The van der Waals surface area contributed by atoms with Gasteiger partial charge in [0, 0.05) is 25.2 Å². The Bertz CT molecular complexity index is 467. The molecule has 19 heavy (non-hydrogen) atoms. The van der Waals surface area contributed by atoms with Crippen molar-refractivity contribution >= 4 is 17.2 Å². The van der Waals surface area contributed by atoms with Crippen LogP contribution in [-0.2, 0) is 11.3 Å². The summed E-state index contributed by atoms with van der Waals surface area (Å²) in [5, 5.41) is 0. The van der Waals surface area contributed by atoms with Crippen molar-refractivity contribution in [2.24, 2.45) is 5.73 Å². The maximum absolute atomic E-state index is 13.5. The van der Waals surface area contributed by atoms with Crippen molar-refractivity contribution in [1.29, 1.82) is 0 Å². The molecule has 104 valence electrons. The van der Waals surface area contributed by atoms with Gasteiger partial charge in [-0.1, -0.05) is 19.1 Å². The predicted octanol–water partition coefficient (Wildman–Crippen LogP) is 2.07. The standard InChI is InChI=1S/C14H19FN2OS/c1-2-13-9-17(3-4-18-13)8-10-5-11(14(16)19)7-12(15)6-10/h5-7,13H,2-4,8-9H2,1H3,(H2,16,19). The minimum Gasteiger partial charge on any atom is -0.389 e. The van der Waals surface area contributed by atoms with E-state index in [1.54, 1.807) is 0 Å². The van der Waals surface area contributed by atoms with Crippen molar-refractivity contribution in [3.63, 3.8) is 0 Å². The number of ether oxygens (including phenoxy) is 1. The van der Waals surface area contributed by atoms with Gasteiger partial charge >= 0.3 is 0 Å². The Morgan fingerprint density at radius 3 is 3.00 bits per heavy atom. The van der Waals surface area contributed by atoms with Crippen molar-refractivity contribution in [3.05, 3.63) is 35.1 Å². The number of thiocarbonyl (C=S) groups is 1. The lowest BCUT2D eigenvalue weighted by molar-refractivity contribution is -0.0324. The minimum atomic E-state index is -0.291. The molecular weight excluding hydrogens is 263 g/mol. The summed E-state index contributed by atoms with van der Waals surface area (Å²) < 4.78 is 19.2. The predicted molar refractivity (Wildman–Crippen MR) is 77.6 cm³/mol. The van der Waals surface area contributed by atoms with E-state index in [0.29, 0.717) is 12.1 Å². The highest BCUT2D eigenvalue weighted by Crippen LogP contribution is 2.15. The summed E-state index contributed by atoms with van der Waals surface area (Å²) in [6.07, 6.45) is 1.27. The molecule has 0 amide bonds. The first kappa shape index (κ1) is 14.4. The first-order valence-corrected chi connectivity index (χ1v) is 6.92. The van der Waals surface area contributed by atoms with E-state index in [9.17, 15) is 4.39 Å². The molecular formula is C14H19FN2OS. The third-order valence-corrected chi connectivity index (χ3v) is 3.56. The van der Waals surface area contributed by atoms with E-state index >= 15 is 0 Å². The number of nitrogens with zero attached hydrogens (tertiary/aromatic N) is 1. The Morgan fingerprint density at radius 1 is 1.53 bits per heavy atom. The summed E-state index contributed by atoms with van der Waals surface area (Å²) in [7, 11) is 0. The van der Waals surface area contributed by atoms with Crippen LogP contribution in [-0.4, -0.2) is 35.7 Å². The molecule has 1 aromatic rings. The van der Waals surface area contributed by atoms with Gasteiger partial charge < -0.3 is 10.5 Å². The van der Waals surface area contributed by atoms with Gasteiger partial charge in [-0.05, 0) is 30.2 Å². The van der Waals surface area contributed by atoms with E-state index in [1.807, 2.05) is 6.07 Å². The number of morpholine rings is 1. The number of rotatable bonds is 4. The van der Waals surface area contributed by atoms with E-state index in [0.717, 1.165) is 31.7 Å². The monoisotopic (exact) mass is 282 g/mol. The Balaban J connectivity index is 2.08. The molecule has 1 atom stereocenters. The minimum absolute atomic E-state index is 0.231. The smallest absolute Gasteiger partial charge is 0.124 e. The SMILES string of the molecule is CCC1CN(Cc2cc(F)cc(C(N)=S)c2)CCO1. The maximum atomic E-state index is 13.5. The van der Waals surface area contributed by atoms with Crippen LogP contribution in [0.5, 0.6) is 0 Å². The van der Waals surface area contributed by atoms with Crippen LogP contribution in [0.1, 0.15) is 24.5 Å². The van der Waals surface area contributed by atoms with Gasteiger partial charge in [0.25, 0.3) is 0 Å². The van der Waals surface area contributed by atoms with Crippen molar-refractivity contribution < 1.29 is 9.13 Å². The van der Waals surface area contributed by atoms with Gasteiger partial charge in [-0.3, -0.25) is 4.90 Å². The van der Waals surface area contributed by atoms with Gasteiger partial charge in [0.15, 0.2) is 0 Å². The van der Waals surface area contributed by atoms with Crippen molar-refractivity contribution in [1.82, 2.24) is 4.90 Å². The second kappa shape index (κ2) is 6.41. The molecule has 0 aliphatic carbocycles. The summed E-state index contributed by atoms with van der Waals surface area (Å²) in [5.74, 6) is -0.291. The van der Waals surface area contributed by atoms with Crippen molar-refractivity contribution in [2.45, 2.75) is 26.0 Å². The molecule has 5 heteroatoms. The number of benzene rings is 1. The third-order valence-electron chi connectivity index (χ3n) is 3.33. The van der Waals surface area contributed by atoms with Crippen molar-refractivity contribution in [2.75, 3.05) is 19.7 Å². The van der Waals surface area contributed by atoms with Gasteiger partial charge in [0.05, 0.1) is 12.7 Å². The zero-order valence-electron chi connectivity index (χ0n) is 11.1. The number of hydrogen-bond acceptors (Lipinski definition) is 3. The van der Waals surface area contributed by atoms with Crippen LogP contribution in [0.25, 0.3) is 0 Å². The van der Waals surface area contributed by atoms with Crippen LogP contribution in [0.3, 0.4) is 0 Å². The quantitative estimate of drug-likeness (QED) is 0.858. The van der Waals surface area contributed by atoms with Gasteiger partial charge in [-0.2, -0.15) is 0 Å². The van der Waals surface area contributed by atoms with E-state index in [4.69, 9.17) is 22.7 Å². The molecule has 1 aliphatic heterocycles. The average Bonchev–Trinajstić information content (AvgIpc) is 2.38. The molecule has 1 fully saturated rings. The molecule has 1 saturated heterocycles. The number of halogens is 1. The maximum Gasteiger partial charge on any atom is 0.124 e. The van der Waals surface area contributed by atoms with Gasteiger partial charge in [-0.25, -0.2) is 4.39 Å². The lowest BCUT2D eigenvalue weighted by Gasteiger charge is -2.32. The van der Waals surface area contributed by atoms with Crippen molar-refractivity contribution in [3.8, 4) is 0 Å². The first-order chi connectivity index (χ1) is 9.08. The lowest BCUT2D eigenvalue weighted by atomic mass is 10.1. The molecule has 0 bridgehead atoms. The second-order valence-electron chi connectivity index (χ2n) is 4.85. The number of nitrogens with two attached hydrogens (primary N) is 1. The summed E-state index contributed by atoms with van der Waals surface area (Å²) in [4.78, 5) is 2.50. The molecule has 1 heterocycles. The highest BCUT2D eigenvalue weighted by Gasteiger charge is 2.19. The lowest BCUT2D eigenvalue weighted by Crippen LogP contribution is -2.41. The van der Waals surface area contributed by atoms with Gasteiger partial charge in [0.2, 0.25) is 0 Å². The van der Waals surface area contributed by atoms with Crippen LogP contribution in [0.4, 0.5) is 4.39 Å². The fourth-order valence-electron chi connectivity index (χ4n) is 2.31. The molecule has 0 saturated carbocycles. The molecule has 0 aromatic heterocycles. The largest absolute Gasteiger partial charge is 0.389 e. The fraction of sp³-hybridized carbons (Fsp3) is 0.500. The molecule has 2 N–H and O–H groups in total. The zero-order valence-corrected chi connectivity index (χ0v) is 11.9. The van der Waals surface area contributed by atoms with Gasteiger partial charge in [-0.15, -0.1) is 0 Å². The Labute approximate surface area is 118 Å². The molecule has 1 unspecified atom stereocenters. The van der Waals surface area contributed by atoms with E-state index in [-0.39, 0.29) is 16.9 Å². The summed E-state index contributed by atoms with van der Waals surface area (Å²) in [6.45, 7) is 5.30. The third kappa shape index (κ3) is 3.96. The topological polar surface area (TPSA) is 38.5 Å². The zero-order chi connectivity index (χ0) is 13.8. The highest BCUT2D eigenvalue weighted by molar-refractivity contribution is 7.80. The van der Waals surface area contributed by atoms with E-state index in [1.165, 1.54) is 12.1 Å². The Morgan fingerprint density at radius 2 is 2.32 bits per heavy atom. The number of hydrogen-bond donors (Lipinski definition) is 1.